The summed E-state index contributed by atoms with van der Waals surface area (Å²) in [6, 6.07) is 5.59. The van der Waals surface area contributed by atoms with Crippen LogP contribution in [0.4, 0.5) is 4.39 Å². The van der Waals surface area contributed by atoms with Gasteiger partial charge in [-0.15, -0.1) is 0 Å². The van der Waals surface area contributed by atoms with Gasteiger partial charge in [0.1, 0.15) is 11.4 Å². The Labute approximate surface area is 79.7 Å². The molecule has 0 unspecified atom stereocenters. The number of hydrogen-bond acceptors (Lipinski definition) is 2. The molecular weight excluding hydrogens is 185 g/mol. The van der Waals surface area contributed by atoms with Crippen LogP contribution in [0.3, 0.4) is 0 Å². The molecule has 0 aliphatic heterocycles. The molecule has 0 atom stereocenters. The second-order valence-corrected chi connectivity index (χ2v) is 2.47. The van der Waals surface area contributed by atoms with E-state index in [-0.39, 0.29) is 5.56 Å². The zero-order valence-corrected chi connectivity index (χ0v) is 7.07. The molecule has 1 rings (SSSR count). The summed E-state index contributed by atoms with van der Waals surface area (Å²) in [6.45, 7) is 0. The van der Waals surface area contributed by atoms with E-state index < -0.39 is 17.3 Å². The van der Waals surface area contributed by atoms with Crippen molar-refractivity contribution in [2.45, 2.75) is 0 Å². The normalized spacial score (nSPS) is 10.0. The molecule has 0 fully saturated rings. The lowest BCUT2D eigenvalue weighted by atomic mass is 10.1. The number of rotatable bonds is 2. The third-order valence-corrected chi connectivity index (χ3v) is 1.60. The first-order valence-electron chi connectivity index (χ1n) is 3.75. The molecule has 3 nitrogen and oxygen atoms in total. The van der Waals surface area contributed by atoms with Gasteiger partial charge in [0.15, 0.2) is 0 Å². The van der Waals surface area contributed by atoms with Crippen LogP contribution in [-0.2, 0) is 0 Å². The Morgan fingerprint density at radius 2 is 2.29 bits per heavy atom. The van der Waals surface area contributed by atoms with Crippen molar-refractivity contribution in [3.8, 4) is 6.07 Å². The number of hydrogen-bond donors (Lipinski definition) is 1. The topological polar surface area (TPSA) is 61.1 Å². The van der Waals surface area contributed by atoms with Gasteiger partial charge >= 0.3 is 5.97 Å². The van der Waals surface area contributed by atoms with E-state index in [9.17, 15) is 9.18 Å². The monoisotopic (exact) mass is 191 g/mol. The molecule has 4 heteroatoms. The van der Waals surface area contributed by atoms with Crippen molar-refractivity contribution in [3.63, 3.8) is 0 Å². The van der Waals surface area contributed by atoms with Gasteiger partial charge < -0.3 is 5.11 Å². The highest BCUT2D eigenvalue weighted by atomic mass is 19.1. The van der Waals surface area contributed by atoms with E-state index in [0.29, 0.717) is 0 Å². The van der Waals surface area contributed by atoms with Gasteiger partial charge in [-0.2, -0.15) is 5.26 Å². The predicted octanol–water partition coefficient (Wildman–Crippen LogP) is 2.06. The molecule has 0 radical (unpaired) electrons. The molecular formula is C10H6FNO2. The standard InChI is InChI=1S/C10H6FNO2/c11-8-5-1-3-7(4-2-6-12)9(8)10(13)14/h1-5H,(H,13,14)/b4-2+. The van der Waals surface area contributed by atoms with Crippen LogP contribution in [-0.4, -0.2) is 11.1 Å². The highest BCUT2D eigenvalue weighted by molar-refractivity contribution is 5.92. The quantitative estimate of drug-likeness (QED) is 0.728. The Bertz CT molecular complexity index is 432. The second-order valence-electron chi connectivity index (χ2n) is 2.47. The van der Waals surface area contributed by atoms with E-state index >= 15 is 0 Å². The van der Waals surface area contributed by atoms with Crippen LogP contribution in [0.15, 0.2) is 24.3 Å². The Morgan fingerprint density at radius 3 is 2.86 bits per heavy atom. The lowest BCUT2D eigenvalue weighted by Gasteiger charge is -2.00. The van der Waals surface area contributed by atoms with Crippen LogP contribution >= 0.6 is 0 Å². The van der Waals surface area contributed by atoms with Crippen molar-refractivity contribution in [1.82, 2.24) is 0 Å². The molecule has 0 saturated heterocycles. The van der Waals surface area contributed by atoms with Crippen LogP contribution < -0.4 is 0 Å². The summed E-state index contributed by atoms with van der Waals surface area (Å²) in [5, 5.41) is 16.9. The van der Waals surface area contributed by atoms with Crippen molar-refractivity contribution in [2.75, 3.05) is 0 Å². The van der Waals surface area contributed by atoms with E-state index in [0.717, 1.165) is 12.1 Å². The molecule has 0 aromatic heterocycles. The zero-order chi connectivity index (χ0) is 10.6. The molecule has 0 bridgehead atoms. The van der Waals surface area contributed by atoms with E-state index in [1.165, 1.54) is 18.2 Å². The maximum Gasteiger partial charge on any atom is 0.339 e. The SMILES string of the molecule is N#C/C=C/c1cccc(F)c1C(=O)O. The Kier molecular flexibility index (Phi) is 2.97. The maximum absolute atomic E-state index is 13.0. The van der Waals surface area contributed by atoms with Crippen molar-refractivity contribution < 1.29 is 14.3 Å². The number of nitrogens with zero attached hydrogens (tertiary/aromatic N) is 1. The molecule has 0 amide bonds. The van der Waals surface area contributed by atoms with Crippen LogP contribution in [0.5, 0.6) is 0 Å². The van der Waals surface area contributed by atoms with Crippen LogP contribution in [0.2, 0.25) is 0 Å². The smallest absolute Gasteiger partial charge is 0.339 e. The molecule has 0 spiro atoms. The summed E-state index contributed by atoms with van der Waals surface area (Å²) in [6.07, 6.45) is 2.35. The number of allylic oxidation sites excluding steroid dienone is 1. The minimum absolute atomic E-state index is 0.180. The first-order valence-corrected chi connectivity index (χ1v) is 3.75. The summed E-state index contributed by atoms with van der Waals surface area (Å²) in [5.74, 6) is -2.15. The third-order valence-electron chi connectivity index (χ3n) is 1.60. The van der Waals surface area contributed by atoms with Crippen LogP contribution in [0.1, 0.15) is 15.9 Å². The van der Waals surface area contributed by atoms with E-state index in [1.54, 1.807) is 6.07 Å². The van der Waals surface area contributed by atoms with Crippen LogP contribution in [0.25, 0.3) is 6.08 Å². The highest BCUT2D eigenvalue weighted by Crippen LogP contribution is 2.14. The van der Waals surface area contributed by atoms with E-state index in [2.05, 4.69) is 0 Å². The van der Waals surface area contributed by atoms with Gasteiger partial charge in [0.2, 0.25) is 0 Å². The fourth-order valence-electron chi connectivity index (χ4n) is 1.03. The van der Waals surface area contributed by atoms with Gasteiger partial charge in [-0.05, 0) is 17.7 Å². The van der Waals surface area contributed by atoms with Crippen molar-refractivity contribution in [1.29, 1.82) is 5.26 Å². The highest BCUT2D eigenvalue weighted by Gasteiger charge is 2.13. The number of benzene rings is 1. The van der Waals surface area contributed by atoms with Crippen LogP contribution in [0, 0.1) is 17.1 Å². The summed E-state index contributed by atoms with van der Waals surface area (Å²) in [7, 11) is 0. The van der Waals surface area contributed by atoms with Gasteiger partial charge in [-0.3, -0.25) is 0 Å². The summed E-state index contributed by atoms with van der Waals surface area (Å²) >= 11 is 0. The number of carbonyl (C=O) groups is 1. The van der Waals surface area contributed by atoms with Crippen molar-refractivity contribution >= 4 is 12.0 Å². The van der Waals surface area contributed by atoms with Gasteiger partial charge in [0.25, 0.3) is 0 Å². The van der Waals surface area contributed by atoms with E-state index in [1.807, 2.05) is 0 Å². The molecule has 0 aliphatic rings. The number of aromatic carboxylic acids is 1. The largest absolute Gasteiger partial charge is 0.478 e. The summed E-state index contributed by atoms with van der Waals surface area (Å²) in [5.41, 5.74) is -0.238. The second kappa shape index (κ2) is 4.19. The van der Waals surface area contributed by atoms with E-state index in [4.69, 9.17) is 10.4 Å². The fraction of sp³-hybridized carbons (Fsp3) is 0. The zero-order valence-electron chi connectivity index (χ0n) is 7.07. The lowest BCUT2D eigenvalue weighted by Crippen LogP contribution is -2.03. The molecule has 0 aliphatic carbocycles. The Morgan fingerprint density at radius 1 is 1.57 bits per heavy atom. The first kappa shape index (κ1) is 9.93. The molecule has 0 saturated carbocycles. The summed E-state index contributed by atoms with van der Waals surface area (Å²) in [4.78, 5) is 10.6. The molecule has 1 aromatic rings. The van der Waals surface area contributed by atoms with Gasteiger partial charge in [0, 0.05) is 6.08 Å². The third kappa shape index (κ3) is 1.96. The fourth-order valence-corrected chi connectivity index (χ4v) is 1.03. The Balaban J connectivity index is 3.30. The van der Waals surface area contributed by atoms with Gasteiger partial charge in [0.05, 0.1) is 6.07 Å². The number of carboxylic acids is 1. The average Bonchev–Trinajstić information content (AvgIpc) is 2.14. The van der Waals surface area contributed by atoms with Crippen molar-refractivity contribution in [3.05, 3.63) is 41.2 Å². The maximum atomic E-state index is 13.0. The Hall–Kier alpha value is -2.15. The minimum Gasteiger partial charge on any atom is -0.478 e. The number of halogens is 1. The van der Waals surface area contributed by atoms with Gasteiger partial charge in [-0.25, -0.2) is 9.18 Å². The molecule has 70 valence electrons. The van der Waals surface area contributed by atoms with Gasteiger partial charge in [-0.1, -0.05) is 12.1 Å². The minimum atomic E-state index is -1.35. The average molecular weight is 191 g/mol. The molecule has 1 N–H and O–H groups in total. The number of carboxylic acid groups (broad SMARTS) is 1. The number of nitriles is 1. The lowest BCUT2D eigenvalue weighted by molar-refractivity contribution is 0.0691. The summed E-state index contributed by atoms with van der Waals surface area (Å²) < 4.78 is 13.0. The molecule has 1 aromatic carbocycles. The van der Waals surface area contributed by atoms with Crippen molar-refractivity contribution in [2.24, 2.45) is 0 Å². The first-order chi connectivity index (χ1) is 6.66. The predicted molar refractivity (Wildman–Crippen MR) is 48.0 cm³/mol. The molecule has 14 heavy (non-hydrogen) atoms. The molecule has 0 heterocycles.